The van der Waals surface area contributed by atoms with E-state index in [4.69, 9.17) is 0 Å². The summed E-state index contributed by atoms with van der Waals surface area (Å²) in [6, 6.07) is 0. The molecule has 0 bridgehead atoms. The molecule has 1 rings (SSSR count). The Hall–Kier alpha value is 11.5. The average Bonchev–Trinajstić information content (AvgIpc) is 0.810. The molecule has 1 heterocycles. The van der Waals surface area contributed by atoms with Gasteiger partial charge >= 0.3 is 443 Å². The van der Waals surface area contributed by atoms with E-state index in [1.165, 1.54) is 16.0 Å². The first-order valence-corrected chi connectivity index (χ1v) is 42.3. The summed E-state index contributed by atoms with van der Waals surface area (Å²) in [5.74, 6) is -6.08. The van der Waals surface area contributed by atoms with Crippen LogP contribution in [0, 0.1) is 0 Å². The maximum atomic E-state index is 12.1. The Kier molecular flexibility index (Phi) is 93.9. The van der Waals surface area contributed by atoms with Crippen molar-refractivity contribution in [3.8, 4) is 0 Å². The van der Waals surface area contributed by atoms with Crippen LogP contribution in [0.5, 0.6) is 0 Å². The molecule has 66 nitrogen and oxygen atoms in total. The quantitative estimate of drug-likeness (QED) is 0.0310. The predicted molar refractivity (Wildman–Crippen MR) is 267 cm³/mol. The van der Waals surface area contributed by atoms with Crippen LogP contribution in [0.4, 0.5) is 17.8 Å². The van der Waals surface area contributed by atoms with Crippen LogP contribution in [-0.2, 0) is 219 Å². The largest absolute Gasteiger partial charge is 1.00 e. The molecule has 0 aliphatic heterocycles. The van der Waals surface area contributed by atoms with E-state index in [1.54, 1.807) is 0 Å². The molecule has 0 unspecified atom stereocenters. The molecule has 0 aliphatic rings. The molecule has 0 amide bonds. The monoisotopic (exact) mass is 2150 g/mol. The number of nitrogens with one attached hydrogen (secondary N) is 3. The molecule has 1 aromatic heterocycles. The number of nitrogens with zero attached hydrogens (tertiary/aromatic N) is 3. The first-order chi connectivity index (χ1) is 44.8. The van der Waals surface area contributed by atoms with Gasteiger partial charge in [0.05, 0.1) is 19.8 Å². The van der Waals surface area contributed by atoms with Crippen molar-refractivity contribution < 1.29 is 701 Å². The summed E-state index contributed by atoms with van der Waals surface area (Å²) in [6.45, 7) is -15.4. The molecule has 0 aromatic carbocycles. The second-order valence-corrected chi connectivity index (χ2v) is 31.9. The van der Waals surface area contributed by atoms with Crippen LogP contribution in [0.15, 0.2) is 0 Å². The van der Waals surface area contributed by atoms with Gasteiger partial charge in [0.15, 0.2) is 0 Å². The van der Waals surface area contributed by atoms with Gasteiger partial charge in [0.25, 0.3) is 0 Å². The Labute approximate surface area is 997 Å². The predicted octanol–water partition coefficient (Wildman–Crippen LogP) is -62.3. The first kappa shape index (κ1) is 162. The van der Waals surface area contributed by atoms with Gasteiger partial charge in [-0.25, -0.2) is 126 Å². The number of anilines is 3. The first-order valence-electron chi connectivity index (χ1n) is 22.3. The van der Waals surface area contributed by atoms with E-state index in [1.807, 2.05) is 0 Å². The summed E-state index contributed by atoms with van der Waals surface area (Å²) in [5, 5.41) is 4.05. The molecule has 0 aliphatic carbocycles. The third kappa shape index (κ3) is 86.3. The Balaban J connectivity index is -0.000000534. The molecule has 117 heavy (non-hydrogen) atoms. The van der Waals surface area contributed by atoms with Gasteiger partial charge < -0.3 is 84.2 Å². The zero-order valence-electron chi connectivity index (χ0n) is 61.1. The topological polar surface area (TPSA) is 1070 Å². The van der Waals surface area contributed by atoms with Crippen LogP contribution in [0.2, 0.25) is 0 Å². The van der Waals surface area contributed by atoms with Crippen molar-refractivity contribution in [2.24, 2.45) is 0 Å². The minimum Gasteiger partial charge on any atom is -0.726 e. The fraction of sp³-hybridized carbons (Fsp3) is 0.857. The van der Waals surface area contributed by atoms with Crippen LogP contribution in [0.1, 0.15) is 0 Å². The second-order valence-electron chi connectivity index (χ2n) is 16.6. The van der Waals surface area contributed by atoms with Gasteiger partial charge in [0, 0.05) is 19.6 Å². The summed E-state index contributed by atoms with van der Waals surface area (Å²) in [5.41, 5.74) is 0. The number of rotatable bonds is 51. The van der Waals surface area contributed by atoms with Crippen molar-refractivity contribution in [2.45, 2.75) is 73.2 Å². The van der Waals surface area contributed by atoms with Crippen LogP contribution in [0.25, 0.3) is 0 Å². The van der Waals surface area contributed by atoms with Gasteiger partial charge in [-0.15, -0.1) is 0 Å². The normalized spacial score (nSPS) is 15.6. The van der Waals surface area contributed by atoms with E-state index < -0.39 is 287 Å². The molecule has 0 fully saturated rings. The van der Waals surface area contributed by atoms with Crippen LogP contribution < -0.4 is 459 Å². The number of aromatic nitrogens is 3. The van der Waals surface area contributed by atoms with E-state index in [9.17, 15) is 195 Å². The fourth-order valence-electron chi connectivity index (χ4n) is 6.48. The molecule has 0 spiro atoms. The average molecular weight is 2150 g/mol. The van der Waals surface area contributed by atoms with Crippen LogP contribution in [0.3, 0.4) is 0 Å². The van der Waals surface area contributed by atoms with Gasteiger partial charge in [-0.1, -0.05) is 0 Å². The molecule has 12 atom stereocenters. The van der Waals surface area contributed by atoms with Crippen LogP contribution >= 0.6 is 0 Å². The molecular formula is C21H27N6Na15O60S15. The van der Waals surface area contributed by atoms with Gasteiger partial charge in [-0.2, -0.15) is 15.0 Å². The van der Waals surface area contributed by atoms with Gasteiger partial charge in [-0.3, -0.25) is 62.7 Å². The van der Waals surface area contributed by atoms with Crippen LogP contribution in [-0.4, -0.2) is 322 Å². The van der Waals surface area contributed by atoms with Gasteiger partial charge in [0.1, 0.15) is 73.2 Å². The van der Waals surface area contributed by atoms with Crippen molar-refractivity contribution in [2.75, 3.05) is 55.4 Å². The van der Waals surface area contributed by atoms with Gasteiger partial charge in [-0.05, 0) is 0 Å². The minimum absolute atomic E-state index is 0. The Morgan fingerprint density at radius 2 is 0.299 bits per heavy atom. The molecule has 0 radical (unpaired) electrons. The molecule has 3 N–H and O–H groups in total. The zero-order chi connectivity index (χ0) is 80.3. The zero-order valence-corrected chi connectivity index (χ0v) is 103. The van der Waals surface area contributed by atoms with Crippen molar-refractivity contribution >= 4 is 174 Å². The third-order valence-corrected chi connectivity index (χ3v) is 16.1. The van der Waals surface area contributed by atoms with Gasteiger partial charge in [0.2, 0.25) is 174 Å². The standard InChI is InChI=1S/C21H42N6O60S15.15Na/c28-88(29,30)73-4-10(79-94(46,47)48)16(85-100(64,65)66)13(82-97(55,56)57)7(76-91(37,38)39)1-22-19-25-20(23-2-8(77-92(40,41)42)14(83-98(58,59)60)17(86-101(67,68)69)11(80-95(49,50)51)5-74-89(31,32)33)27-21(26-19)24-3-9(78-93(43,44)45)15(84-99(61,62)63)18(87-102(70,71)72)12(81-96(52,53)54)6-75-90(34,35)36;;;;;;;;;;;;;;;/h7-18H,1-6H2,(H,28,29,30)(H,31,32,33)(H,34,35,36)(H,37,38,39)(H,40,41,42)(H,43,44,45)(H,46,47,48)(H,49,50,51)(H,52,53,54)(H,55,56,57)(H,58,59,60)(H,61,62,63)(H,64,65,66)(H,67,68,69)(H,70,71,72)(H3,22,23,24,25,26,27);;;;;;;;;;;;;;;/q;15*+1/p-15/t7-,8-,9-,10+,11+,12+,13+,14+,15+,16+,17+,18+;;;;;;;;;;;;;;;/m0.............../s1. The summed E-state index contributed by atoms with van der Waals surface area (Å²) in [6.07, 6.45) is -48.6. The molecule has 0 saturated carbocycles. The van der Waals surface area contributed by atoms with E-state index >= 15 is 0 Å². The maximum Gasteiger partial charge on any atom is 1.00 e. The third-order valence-electron chi connectivity index (χ3n) is 9.14. The molecule has 1 aromatic rings. The summed E-state index contributed by atoms with van der Waals surface area (Å²) in [4.78, 5) is 9.44. The molecule has 96 heteroatoms. The molecule has 606 valence electrons. The van der Waals surface area contributed by atoms with E-state index in [0.29, 0.717) is 0 Å². The Morgan fingerprint density at radius 3 is 0.410 bits per heavy atom. The molecular weight excluding hydrogens is 2120 g/mol. The Morgan fingerprint density at radius 1 is 0.188 bits per heavy atom. The number of hydrogen-bond donors (Lipinski definition) is 3. The minimum atomic E-state index is -7.02. The summed E-state index contributed by atoms with van der Waals surface area (Å²) >= 11 is 0. The number of hydrogen-bond acceptors (Lipinski definition) is 66. The summed E-state index contributed by atoms with van der Waals surface area (Å²) in [7, 11) is -102. The SMILES string of the molecule is O=S(=O)([O-])OC[C@@H](OS(=O)(=O)[O-])[C@@H](OS(=O)(=O)[O-])[C@H](OS(=O)(=O)[O-])[C@H](CNc1nc(NC[C@H](OS(=O)(=O)[O-])[C@@H](OS(=O)(=O)[O-])[C@H](OS(=O)(=O)[O-])[C@@H](COS(=O)(=O)[O-])OS(=O)(=O)[O-])nc(NC[C@H](OS(=O)(=O)[O-])[C@@H](OS(=O)(=O)[O-])[C@H](OS(=O)(=O)[O-])[C@@H](COS(=O)(=O)[O-])OS(=O)(=O)[O-])n1)OS(=O)(=O)[O-].[Na+].[Na+].[Na+].[Na+].[Na+].[Na+].[Na+].[Na+].[Na+].[Na+].[Na+].[Na+].[Na+].[Na+].[Na+]. The maximum absolute atomic E-state index is 12.1. The molecule has 0 saturated heterocycles. The Bertz CT molecular complexity index is 4440. The fourth-order valence-corrected chi connectivity index (χ4v) is 13.3. The van der Waals surface area contributed by atoms with E-state index in [-0.39, 0.29) is 443 Å². The smallest absolute Gasteiger partial charge is 0.726 e. The summed E-state index contributed by atoms with van der Waals surface area (Å²) < 4.78 is 587. The second kappa shape index (κ2) is 67.7. The van der Waals surface area contributed by atoms with E-state index in [0.717, 1.165) is 0 Å². The van der Waals surface area contributed by atoms with Crippen molar-refractivity contribution in [1.29, 1.82) is 0 Å². The van der Waals surface area contributed by atoms with Crippen molar-refractivity contribution in [1.82, 2.24) is 15.0 Å². The van der Waals surface area contributed by atoms with Crippen molar-refractivity contribution in [3.05, 3.63) is 0 Å². The van der Waals surface area contributed by atoms with Crippen molar-refractivity contribution in [3.63, 3.8) is 0 Å². The van der Waals surface area contributed by atoms with E-state index in [2.05, 4.69) is 77.7 Å².